The molecular formula is C23H25N3O6S2. The molecule has 0 bridgehead atoms. The lowest BCUT2D eigenvalue weighted by Gasteiger charge is -2.10. The Morgan fingerprint density at radius 1 is 1.21 bits per heavy atom. The molecule has 0 radical (unpaired) electrons. The first-order valence-electron chi connectivity index (χ1n) is 10.8. The van der Waals surface area contributed by atoms with Crippen LogP contribution in [0.4, 0.5) is 0 Å². The number of H-pyrrole nitrogens is 1. The van der Waals surface area contributed by atoms with Crippen LogP contribution in [0.15, 0.2) is 46.5 Å². The Morgan fingerprint density at radius 2 is 2.03 bits per heavy atom. The fourth-order valence-electron chi connectivity index (χ4n) is 3.39. The summed E-state index contributed by atoms with van der Waals surface area (Å²) >= 11 is 1.41. The van der Waals surface area contributed by atoms with E-state index in [9.17, 15) is 13.2 Å². The van der Waals surface area contributed by atoms with Crippen molar-refractivity contribution in [1.82, 2.24) is 9.97 Å². The number of carbonyl (C=O) groups is 1. The molecule has 11 heteroatoms. The van der Waals surface area contributed by atoms with Gasteiger partial charge in [0.2, 0.25) is 0 Å². The number of nitrogens with one attached hydrogen (secondary N) is 1. The van der Waals surface area contributed by atoms with E-state index in [0.717, 1.165) is 34.3 Å². The van der Waals surface area contributed by atoms with Gasteiger partial charge in [0, 0.05) is 24.1 Å². The molecule has 180 valence electrons. The third-order valence-corrected chi connectivity index (χ3v) is 6.95. The number of nitrogens with zero attached hydrogens (tertiary/aromatic N) is 2. The zero-order valence-corrected chi connectivity index (χ0v) is 20.7. The van der Waals surface area contributed by atoms with Gasteiger partial charge >= 0.3 is 5.97 Å². The number of sulfone groups is 1. The molecule has 1 aliphatic heterocycles. The van der Waals surface area contributed by atoms with Crippen LogP contribution in [0, 0.1) is 0 Å². The first-order valence-corrected chi connectivity index (χ1v) is 13.6. The van der Waals surface area contributed by atoms with Crippen LogP contribution in [0.1, 0.15) is 32.4 Å². The van der Waals surface area contributed by atoms with Gasteiger partial charge in [-0.05, 0) is 37.6 Å². The number of pyridine rings is 1. The van der Waals surface area contributed by atoms with Gasteiger partial charge in [-0.25, -0.2) is 13.4 Å². The van der Waals surface area contributed by atoms with Crippen LogP contribution in [-0.2, 0) is 19.4 Å². The molecule has 1 aromatic carbocycles. The Labute approximate surface area is 201 Å². The van der Waals surface area contributed by atoms with Crippen LogP contribution in [-0.4, -0.2) is 54.2 Å². The molecule has 1 unspecified atom stereocenters. The number of esters is 1. The van der Waals surface area contributed by atoms with Crippen molar-refractivity contribution in [3.63, 3.8) is 0 Å². The van der Waals surface area contributed by atoms with Crippen molar-refractivity contribution in [3.05, 3.63) is 42.2 Å². The lowest BCUT2D eigenvalue weighted by Crippen LogP contribution is -2.15. The van der Waals surface area contributed by atoms with Crippen LogP contribution in [0.5, 0.6) is 17.2 Å². The van der Waals surface area contributed by atoms with Crippen molar-refractivity contribution in [3.8, 4) is 17.2 Å². The molecule has 9 nitrogen and oxygen atoms in total. The van der Waals surface area contributed by atoms with Crippen molar-refractivity contribution >= 4 is 43.5 Å². The van der Waals surface area contributed by atoms with Gasteiger partial charge < -0.3 is 19.2 Å². The van der Waals surface area contributed by atoms with Gasteiger partial charge in [0.05, 0.1) is 30.6 Å². The fourth-order valence-corrected chi connectivity index (χ4v) is 4.89. The number of fused-ring (bicyclic) bond motifs is 1. The molecule has 4 rings (SSSR count). The third kappa shape index (κ3) is 5.53. The standard InChI is InChI=1S/C23H25N3O6S2/c1-4-6-20(27)32-21-13-25-23(33-21)17-10-14-9-16(11-18(30-5-2)22(14)26-17)31-15-7-8-19(24-12-15)34(3,28)29/h7-12,21,26H,4-6,13H2,1-3H3. The molecule has 2 aromatic heterocycles. The number of aromatic nitrogens is 2. The van der Waals surface area contributed by atoms with E-state index < -0.39 is 9.84 Å². The highest BCUT2D eigenvalue weighted by Crippen LogP contribution is 2.36. The van der Waals surface area contributed by atoms with Crippen LogP contribution < -0.4 is 9.47 Å². The third-order valence-electron chi connectivity index (χ3n) is 4.86. The Hall–Kier alpha value is -3.05. The molecule has 1 atom stereocenters. The molecule has 1 N–H and O–H groups in total. The van der Waals surface area contributed by atoms with Crippen LogP contribution in [0.25, 0.3) is 10.9 Å². The van der Waals surface area contributed by atoms with Gasteiger partial charge in [0.1, 0.15) is 22.3 Å². The van der Waals surface area contributed by atoms with E-state index in [4.69, 9.17) is 14.2 Å². The highest BCUT2D eigenvalue weighted by Gasteiger charge is 2.25. The Bertz CT molecular complexity index is 1330. The summed E-state index contributed by atoms with van der Waals surface area (Å²) in [5.74, 6) is 1.31. The zero-order valence-electron chi connectivity index (χ0n) is 19.0. The number of rotatable bonds is 9. The molecule has 0 fully saturated rings. The largest absolute Gasteiger partial charge is 0.492 e. The predicted molar refractivity (Wildman–Crippen MR) is 131 cm³/mol. The summed E-state index contributed by atoms with van der Waals surface area (Å²) < 4.78 is 40.4. The number of hydrogen-bond acceptors (Lipinski definition) is 9. The molecule has 0 aliphatic carbocycles. The highest BCUT2D eigenvalue weighted by molar-refractivity contribution is 8.15. The minimum atomic E-state index is -3.39. The van der Waals surface area contributed by atoms with Gasteiger partial charge in [0.25, 0.3) is 0 Å². The van der Waals surface area contributed by atoms with E-state index in [1.165, 1.54) is 24.0 Å². The average Bonchev–Trinajstić information content (AvgIpc) is 3.41. The summed E-state index contributed by atoms with van der Waals surface area (Å²) in [5, 5.41) is 1.59. The Morgan fingerprint density at radius 3 is 2.71 bits per heavy atom. The van der Waals surface area contributed by atoms with Gasteiger partial charge in [-0.15, -0.1) is 0 Å². The molecule has 0 saturated heterocycles. The van der Waals surface area contributed by atoms with Crippen molar-refractivity contribution in [2.75, 3.05) is 19.4 Å². The summed E-state index contributed by atoms with van der Waals surface area (Å²) in [4.78, 5) is 23.6. The molecule has 3 heterocycles. The summed E-state index contributed by atoms with van der Waals surface area (Å²) in [6.45, 7) is 4.70. The number of aliphatic imine (C=N–C) groups is 1. The topological polar surface area (TPSA) is 120 Å². The fraction of sp³-hybridized carbons (Fsp3) is 0.348. The van der Waals surface area contributed by atoms with E-state index >= 15 is 0 Å². The van der Waals surface area contributed by atoms with E-state index in [-0.39, 0.29) is 16.4 Å². The van der Waals surface area contributed by atoms with Crippen molar-refractivity contribution in [1.29, 1.82) is 0 Å². The quantitative estimate of drug-likeness (QED) is 0.429. The van der Waals surface area contributed by atoms with E-state index in [0.29, 0.717) is 36.8 Å². The Kier molecular flexibility index (Phi) is 7.13. The molecule has 1 aliphatic rings. The van der Waals surface area contributed by atoms with Crippen molar-refractivity contribution < 1.29 is 27.4 Å². The predicted octanol–water partition coefficient (Wildman–Crippen LogP) is 4.32. The number of thioether (sulfide) groups is 1. The second-order valence-corrected chi connectivity index (χ2v) is 10.8. The smallest absolute Gasteiger partial charge is 0.306 e. The zero-order chi connectivity index (χ0) is 24.3. The first-order chi connectivity index (χ1) is 16.3. The van der Waals surface area contributed by atoms with E-state index in [2.05, 4.69) is 15.0 Å². The summed E-state index contributed by atoms with van der Waals surface area (Å²) in [5.41, 5.74) is 1.27. The van der Waals surface area contributed by atoms with Gasteiger partial charge in [-0.3, -0.25) is 9.79 Å². The number of ether oxygens (including phenoxy) is 3. The number of carbonyl (C=O) groups excluding carboxylic acids is 1. The van der Waals surface area contributed by atoms with E-state index in [1.54, 1.807) is 12.1 Å². The lowest BCUT2D eigenvalue weighted by atomic mass is 10.2. The van der Waals surface area contributed by atoms with Crippen molar-refractivity contribution in [2.24, 2.45) is 4.99 Å². The van der Waals surface area contributed by atoms with Crippen LogP contribution in [0.3, 0.4) is 0 Å². The summed E-state index contributed by atoms with van der Waals surface area (Å²) in [7, 11) is -3.39. The van der Waals surface area contributed by atoms with Gasteiger partial charge in [0.15, 0.2) is 20.3 Å². The monoisotopic (exact) mass is 503 g/mol. The maximum absolute atomic E-state index is 11.8. The number of aromatic amines is 1. The maximum atomic E-state index is 11.8. The van der Waals surface area contributed by atoms with E-state index in [1.807, 2.05) is 26.0 Å². The van der Waals surface area contributed by atoms with Crippen LogP contribution >= 0.6 is 11.8 Å². The molecule has 0 spiro atoms. The molecular weight excluding hydrogens is 478 g/mol. The lowest BCUT2D eigenvalue weighted by molar-refractivity contribution is -0.144. The molecule has 0 amide bonds. The Balaban J connectivity index is 1.56. The minimum Gasteiger partial charge on any atom is -0.492 e. The average molecular weight is 504 g/mol. The maximum Gasteiger partial charge on any atom is 0.306 e. The second kappa shape index (κ2) is 10.1. The minimum absolute atomic E-state index is 0.0194. The number of benzene rings is 1. The van der Waals surface area contributed by atoms with Gasteiger partial charge in [-0.1, -0.05) is 18.7 Å². The summed E-state index contributed by atoms with van der Waals surface area (Å²) in [6, 6.07) is 8.51. The highest BCUT2D eigenvalue weighted by atomic mass is 32.2. The summed E-state index contributed by atoms with van der Waals surface area (Å²) in [6.07, 6.45) is 3.61. The van der Waals surface area contributed by atoms with Gasteiger partial charge in [-0.2, -0.15) is 0 Å². The number of hydrogen-bond donors (Lipinski definition) is 1. The SMILES string of the molecule is CCCC(=O)OC1CN=C(c2cc3cc(Oc4ccc(S(C)(=O)=O)nc4)cc(OCC)c3[nH]2)S1. The normalized spacial score (nSPS) is 15.9. The molecule has 34 heavy (non-hydrogen) atoms. The first kappa shape index (κ1) is 24.1. The van der Waals surface area contributed by atoms with Crippen LogP contribution in [0.2, 0.25) is 0 Å². The van der Waals surface area contributed by atoms with Crippen molar-refractivity contribution in [2.45, 2.75) is 37.2 Å². The molecule has 0 saturated carbocycles. The molecule has 3 aromatic rings. The second-order valence-electron chi connectivity index (χ2n) is 7.64.